The number of carbonyl (C=O) groups excluding carboxylic acids is 1. The first-order valence-corrected chi connectivity index (χ1v) is 9.81. The van der Waals surface area contributed by atoms with Gasteiger partial charge in [0.2, 0.25) is 11.1 Å². The van der Waals surface area contributed by atoms with Crippen molar-refractivity contribution in [1.82, 2.24) is 25.5 Å². The van der Waals surface area contributed by atoms with Gasteiger partial charge in [0.1, 0.15) is 0 Å². The second-order valence-electron chi connectivity index (χ2n) is 6.72. The standard InChI is InChI=1S/C18H25N5OS/c1-13-7-6-10-16(11-13)23-18(20-21-22-23)25-14(2)17(24)19-12-15-8-4-3-5-9-15/h6-7,10-11,14-15H,3-5,8-9,12H2,1-2H3,(H,19,24). The van der Waals surface area contributed by atoms with Gasteiger partial charge in [-0.2, -0.15) is 4.68 Å². The Hall–Kier alpha value is -1.89. The van der Waals surface area contributed by atoms with Crippen LogP contribution in [0.3, 0.4) is 0 Å². The molecule has 1 atom stereocenters. The normalized spacial score (nSPS) is 16.6. The van der Waals surface area contributed by atoms with Gasteiger partial charge in [0.05, 0.1) is 10.9 Å². The molecule has 25 heavy (non-hydrogen) atoms. The first-order chi connectivity index (χ1) is 12.1. The number of hydrogen-bond acceptors (Lipinski definition) is 5. The Bertz CT molecular complexity index is 711. The number of tetrazole rings is 1. The molecule has 0 bridgehead atoms. The van der Waals surface area contributed by atoms with Gasteiger partial charge in [-0.3, -0.25) is 4.79 Å². The fraction of sp³-hybridized carbons (Fsp3) is 0.556. The molecule has 1 unspecified atom stereocenters. The van der Waals surface area contributed by atoms with Crippen molar-refractivity contribution in [2.45, 2.75) is 56.4 Å². The zero-order valence-corrected chi connectivity index (χ0v) is 15.6. The summed E-state index contributed by atoms with van der Waals surface area (Å²) in [7, 11) is 0. The van der Waals surface area contributed by atoms with E-state index in [1.165, 1.54) is 43.9 Å². The van der Waals surface area contributed by atoms with E-state index in [-0.39, 0.29) is 11.2 Å². The van der Waals surface area contributed by atoms with E-state index in [0.717, 1.165) is 17.8 Å². The summed E-state index contributed by atoms with van der Waals surface area (Å²) >= 11 is 1.39. The fourth-order valence-corrected chi connectivity index (χ4v) is 4.00. The van der Waals surface area contributed by atoms with E-state index in [9.17, 15) is 4.79 Å². The summed E-state index contributed by atoms with van der Waals surface area (Å²) in [5, 5.41) is 15.4. The van der Waals surface area contributed by atoms with Gasteiger partial charge in [-0.05, 0) is 60.7 Å². The average molecular weight is 359 g/mol. The Morgan fingerprint density at radius 1 is 1.36 bits per heavy atom. The van der Waals surface area contributed by atoms with E-state index in [4.69, 9.17) is 0 Å². The molecule has 0 aliphatic heterocycles. The molecule has 134 valence electrons. The zero-order valence-electron chi connectivity index (χ0n) is 14.8. The molecule has 1 saturated carbocycles. The molecule has 0 spiro atoms. The van der Waals surface area contributed by atoms with E-state index < -0.39 is 0 Å². The highest BCUT2D eigenvalue weighted by Gasteiger charge is 2.21. The molecule has 1 amide bonds. The molecule has 1 aromatic carbocycles. The maximum atomic E-state index is 12.4. The summed E-state index contributed by atoms with van der Waals surface area (Å²) in [6, 6.07) is 7.98. The van der Waals surface area contributed by atoms with Crippen LogP contribution < -0.4 is 5.32 Å². The number of nitrogens with zero attached hydrogens (tertiary/aromatic N) is 4. The van der Waals surface area contributed by atoms with Gasteiger partial charge in [-0.25, -0.2) is 0 Å². The minimum atomic E-state index is -0.238. The van der Waals surface area contributed by atoms with Crippen molar-refractivity contribution in [2.75, 3.05) is 6.54 Å². The van der Waals surface area contributed by atoms with Crippen LogP contribution in [0.2, 0.25) is 0 Å². The van der Waals surface area contributed by atoms with Crippen LogP contribution in [0.15, 0.2) is 29.4 Å². The second-order valence-corrected chi connectivity index (χ2v) is 8.03. The number of rotatable bonds is 6. The highest BCUT2D eigenvalue weighted by atomic mass is 32.2. The summed E-state index contributed by atoms with van der Waals surface area (Å²) in [6.45, 7) is 4.71. The summed E-state index contributed by atoms with van der Waals surface area (Å²) in [4.78, 5) is 12.4. The molecule has 1 aliphatic rings. The molecule has 7 heteroatoms. The minimum Gasteiger partial charge on any atom is -0.355 e. The lowest BCUT2D eigenvalue weighted by Gasteiger charge is -2.22. The molecule has 0 radical (unpaired) electrons. The van der Waals surface area contributed by atoms with Crippen LogP contribution in [0.4, 0.5) is 0 Å². The molecule has 1 aromatic heterocycles. The van der Waals surface area contributed by atoms with Gasteiger partial charge in [0, 0.05) is 6.54 Å². The zero-order chi connectivity index (χ0) is 17.6. The molecule has 1 heterocycles. The third kappa shape index (κ3) is 4.81. The molecule has 6 nitrogen and oxygen atoms in total. The molecule has 1 aliphatic carbocycles. The van der Waals surface area contributed by atoms with Crippen molar-refractivity contribution in [3.63, 3.8) is 0 Å². The second kappa shape index (κ2) is 8.47. The Morgan fingerprint density at radius 3 is 2.92 bits per heavy atom. The van der Waals surface area contributed by atoms with Gasteiger partial charge in [0.15, 0.2) is 0 Å². The van der Waals surface area contributed by atoms with Crippen LogP contribution in [-0.2, 0) is 4.79 Å². The van der Waals surface area contributed by atoms with Crippen molar-refractivity contribution < 1.29 is 4.79 Å². The van der Waals surface area contributed by atoms with Crippen LogP contribution in [0, 0.1) is 12.8 Å². The topological polar surface area (TPSA) is 72.7 Å². The van der Waals surface area contributed by atoms with Gasteiger partial charge in [-0.1, -0.05) is 43.2 Å². The summed E-state index contributed by atoms with van der Waals surface area (Å²) in [6.07, 6.45) is 6.37. The number of hydrogen-bond donors (Lipinski definition) is 1. The van der Waals surface area contributed by atoms with E-state index >= 15 is 0 Å². The van der Waals surface area contributed by atoms with Gasteiger partial charge in [0.25, 0.3) is 0 Å². The van der Waals surface area contributed by atoms with Gasteiger partial charge in [-0.15, -0.1) is 5.10 Å². The number of amides is 1. The highest BCUT2D eigenvalue weighted by molar-refractivity contribution is 8.00. The van der Waals surface area contributed by atoms with E-state index in [1.54, 1.807) is 4.68 Å². The SMILES string of the molecule is Cc1cccc(-n2nnnc2SC(C)C(=O)NCC2CCCCC2)c1. The average Bonchev–Trinajstić information content (AvgIpc) is 3.08. The Labute approximate surface area is 152 Å². The molecule has 2 aromatic rings. The molecule has 0 saturated heterocycles. The molecule has 1 N–H and O–H groups in total. The van der Waals surface area contributed by atoms with E-state index in [2.05, 4.69) is 20.8 Å². The van der Waals surface area contributed by atoms with E-state index in [1.807, 2.05) is 38.1 Å². The number of nitrogens with one attached hydrogen (secondary N) is 1. The highest BCUT2D eigenvalue weighted by Crippen LogP contribution is 2.25. The van der Waals surface area contributed by atoms with Crippen molar-refractivity contribution >= 4 is 17.7 Å². The van der Waals surface area contributed by atoms with E-state index in [0.29, 0.717) is 11.1 Å². The first kappa shape index (κ1) is 17.9. The van der Waals surface area contributed by atoms with Crippen molar-refractivity contribution in [3.05, 3.63) is 29.8 Å². The number of carbonyl (C=O) groups is 1. The predicted molar refractivity (Wildman–Crippen MR) is 98.8 cm³/mol. The van der Waals surface area contributed by atoms with Crippen LogP contribution >= 0.6 is 11.8 Å². The van der Waals surface area contributed by atoms with Crippen molar-refractivity contribution in [1.29, 1.82) is 0 Å². The first-order valence-electron chi connectivity index (χ1n) is 8.93. The third-order valence-corrected chi connectivity index (χ3v) is 5.66. The number of benzene rings is 1. The lowest BCUT2D eigenvalue weighted by Crippen LogP contribution is -2.35. The molecule has 3 rings (SSSR count). The van der Waals surface area contributed by atoms with Gasteiger partial charge < -0.3 is 5.32 Å². The lowest BCUT2D eigenvalue weighted by molar-refractivity contribution is -0.120. The third-order valence-electron chi connectivity index (χ3n) is 4.63. The van der Waals surface area contributed by atoms with Crippen LogP contribution in [0.25, 0.3) is 5.69 Å². The maximum absolute atomic E-state index is 12.4. The Kier molecular flexibility index (Phi) is 6.07. The minimum absolute atomic E-state index is 0.0503. The van der Waals surface area contributed by atoms with Crippen LogP contribution in [-0.4, -0.2) is 37.9 Å². The number of thioether (sulfide) groups is 1. The smallest absolute Gasteiger partial charge is 0.233 e. The van der Waals surface area contributed by atoms with Crippen LogP contribution in [0.5, 0.6) is 0 Å². The van der Waals surface area contributed by atoms with Crippen molar-refractivity contribution in [3.8, 4) is 5.69 Å². The number of aromatic nitrogens is 4. The Balaban J connectivity index is 1.58. The molecular formula is C18H25N5OS. The molecular weight excluding hydrogens is 334 g/mol. The number of aryl methyl sites for hydroxylation is 1. The Morgan fingerprint density at radius 2 is 2.16 bits per heavy atom. The molecule has 1 fully saturated rings. The quantitative estimate of drug-likeness (QED) is 0.802. The largest absolute Gasteiger partial charge is 0.355 e. The van der Waals surface area contributed by atoms with Crippen LogP contribution in [0.1, 0.15) is 44.6 Å². The predicted octanol–water partition coefficient (Wildman–Crippen LogP) is 3.15. The maximum Gasteiger partial charge on any atom is 0.233 e. The summed E-state index contributed by atoms with van der Waals surface area (Å²) < 4.78 is 1.68. The monoisotopic (exact) mass is 359 g/mol. The van der Waals surface area contributed by atoms with Gasteiger partial charge >= 0.3 is 0 Å². The summed E-state index contributed by atoms with van der Waals surface area (Å²) in [5.74, 6) is 0.682. The summed E-state index contributed by atoms with van der Waals surface area (Å²) in [5.41, 5.74) is 2.05. The fourth-order valence-electron chi connectivity index (χ4n) is 3.17. The lowest BCUT2D eigenvalue weighted by atomic mass is 9.89. The van der Waals surface area contributed by atoms with Crippen molar-refractivity contribution in [2.24, 2.45) is 5.92 Å².